The number of benzene rings is 1. The Morgan fingerprint density at radius 1 is 1.20 bits per heavy atom. The third-order valence-electron chi connectivity index (χ3n) is 2.43. The molecule has 0 heterocycles. The zero-order valence-corrected chi connectivity index (χ0v) is 12.1. The van der Waals surface area contributed by atoms with E-state index in [0.29, 0.717) is 18.6 Å². The van der Waals surface area contributed by atoms with Crippen molar-refractivity contribution < 1.29 is 31.1 Å². The van der Waals surface area contributed by atoms with Crippen LogP contribution in [0.5, 0.6) is 0 Å². The molecule has 0 saturated carbocycles. The molecule has 0 bridgehead atoms. The van der Waals surface area contributed by atoms with Crippen LogP contribution in [0.25, 0.3) is 0 Å². The summed E-state index contributed by atoms with van der Waals surface area (Å²) < 4.78 is 60.0. The molecule has 0 aliphatic heterocycles. The van der Waals surface area contributed by atoms with E-state index in [2.05, 4.69) is 0 Å². The van der Waals surface area contributed by atoms with E-state index >= 15 is 0 Å². The number of rotatable bonds is 4. The average molecular weight is 325 g/mol. The molecular formula is C10H12FNO6S2. The van der Waals surface area contributed by atoms with Gasteiger partial charge in [0.25, 0.3) is 0 Å². The summed E-state index contributed by atoms with van der Waals surface area (Å²) in [7, 11) is -8.24. The predicted octanol–water partition coefficient (Wildman–Crippen LogP) is -0.283. The van der Waals surface area contributed by atoms with Gasteiger partial charge in [-0.25, -0.2) is 21.2 Å². The van der Waals surface area contributed by atoms with E-state index in [0.717, 1.165) is 6.07 Å². The first-order valence-corrected chi connectivity index (χ1v) is 8.86. The number of aliphatic carboxylic acids is 1. The first-order chi connectivity index (χ1) is 8.85. The van der Waals surface area contributed by atoms with Crippen LogP contribution < -0.4 is 5.73 Å². The van der Waals surface area contributed by atoms with Crippen LogP contribution in [-0.4, -0.2) is 40.4 Å². The van der Waals surface area contributed by atoms with Crippen molar-refractivity contribution in [3.63, 3.8) is 0 Å². The minimum atomic E-state index is -4.15. The van der Waals surface area contributed by atoms with Gasteiger partial charge in [0.2, 0.25) is 0 Å². The number of nitrogens with two attached hydrogens (primary N) is 1. The summed E-state index contributed by atoms with van der Waals surface area (Å²) in [5.74, 6) is -2.86. The molecule has 1 unspecified atom stereocenters. The van der Waals surface area contributed by atoms with Crippen LogP contribution in [0.3, 0.4) is 0 Å². The number of carboxylic acids is 1. The quantitative estimate of drug-likeness (QED) is 0.778. The Hall–Kier alpha value is -1.52. The monoisotopic (exact) mass is 325 g/mol. The second kappa shape index (κ2) is 5.11. The number of sulfone groups is 2. The van der Waals surface area contributed by atoms with Crippen molar-refractivity contribution in [1.82, 2.24) is 0 Å². The Labute approximate surface area is 115 Å². The van der Waals surface area contributed by atoms with E-state index in [4.69, 9.17) is 10.8 Å². The third kappa shape index (κ3) is 3.32. The highest BCUT2D eigenvalue weighted by Crippen LogP contribution is 2.28. The van der Waals surface area contributed by atoms with Crippen molar-refractivity contribution in [2.45, 2.75) is 15.8 Å². The van der Waals surface area contributed by atoms with Crippen LogP contribution in [0.4, 0.5) is 4.39 Å². The largest absolute Gasteiger partial charge is 0.480 e. The molecule has 0 fully saturated rings. The molecule has 0 amide bonds. The maximum Gasteiger partial charge on any atom is 0.325 e. The predicted molar refractivity (Wildman–Crippen MR) is 67.2 cm³/mol. The van der Waals surface area contributed by atoms with Crippen LogP contribution in [-0.2, 0) is 24.5 Å². The van der Waals surface area contributed by atoms with Gasteiger partial charge in [-0.2, -0.15) is 0 Å². The van der Waals surface area contributed by atoms with Crippen LogP contribution in [0, 0.1) is 5.82 Å². The number of hydrogen-bond donors (Lipinski definition) is 2. The maximum absolute atomic E-state index is 13.9. The van der Waals surface area contributed by atoms with Gasteiger partial charge in [-0.15, -0.1) is 0 Å². The van der Waals surface area contributed by atoms with E-state index in [1.807, 2.05) is 0 Å². The molecule has 0 radical (unpaired) electrons. The molecule has 10 heteroatoms. The number of halogens is 1. The molecule has 112 valence electrons. The molecule has 0 aromatic heterocycles. The molecule has 1 atom stereocenters. The topological polar surface area (TPSA) is 132 Å². The van der Waals surface area contributed by atoms with Gasteiger partial charge >= 0.3 is 5.97 Å². The molecule has 0 aliphatic carbocycles. The van der Waals surface area contributed by atoms with Crippen molar-refractivity contribution in [3.8, 4) is 0 Å². The normalized spacial score (nSPS) is 14.0. The summed E-state index contributed by atoms with van der Waals surface area (Å²) >= 11 is 0. The lowest BCUT2D eigenvalue weighted by Crippen LogP contribution is -2.22. The van der Waals surface area contributed by atoms with Crippen molar-refractivity contribution in [2.24, 2.45) is 5.73 Å². The lowest BCUT2D eigenvalue weighted by Gasteiger charge is -2.13. The molecule has 0 aliphatic rings. The van der Waals surface area contributed by atoms with Crippen molar-refractivity contribution in [3.05, 3.63) is 23.5 Å². The highest BCUT2D eigenvalue weighted by molar-refractivity contribution is 7.93. The van der Waals surface area contributed by atoms with E-state index in [1.54, 1.807) is 0 Å². The minimum Gasteiger partial charge on any atom is -0.480 e. The molecule has 0 saturated heterocycles. The Morgan fingerprint density at radius 3 is 2.05 bits per heavy atom. The summed E-state index contributed by atoms with van der Waals surface area (Å²) in [6.07, 6.45) is 1.34. The number of carboxylic acid groups (broad SMARTS) is 1. The fraction of sp³-hybridized carbons (Fsp3) is 0.300. The van der Waals surface area contributed by atoms with E-state index in [-0.39, 0.29) is 5.56 Å². The molecule has 1 aromatic rings. The summed E-state index contributed by atoms with van der Waals surface area (Å²) in [5, 5.41) is 8.73. The summed E-state index contributed by atoms with van der Waals surface area (Å²) in [6, 6.07) is -0.309. The zero-order chi connectivity index (χ0) is 15.9. The molecule has 20 heavy (non-hydrogen) atoms. The van der Waals surface area contributed by atoms with Crippen molar-refractivity contribution in [1.29, 1.82) is 0 Å². The summed E-state index contributed by atoms with van der Waals surface area (Å²) in [4.78, 5) is 8.93. The fourth-order valence-corrected chi connectivity index (χ4v) is 4.08. The molecule has 0 spiro atoms. The van der Waals surface area contributed by atoms with E-state index in [1.165, 1.54) is 0 Å². The molecule has 3 N–H and O–H groups in total. The Bertz CT molecular complexity index is 769. The van der Waals surface area contributed by atoms with E-state index < -0.39 is 47.3 Å². The second-order valence-corrected chi connectivity index (χ2v) is 8.13. The van der Waals surface area contributed by atoms with Crippen molar-refractivity contribution in [2.75, 3.05) is 12.5 Å². The van der Waals surface area contributed by atoms with Gasteiger partial charge in [-0.05, 0) is 17.7 Å². The Morgan fingerprint density at radius 2 is 1.70 bits per heavy atom. The van der Waals surface area contributed by atoms with Crippen LogP contribution in [0.2, 0.25) is 0 Å². The molecule has 7 nitrogen and oxygen atoms in total. The Kier molecular flexibility index (Phi) is 4.22. The number of carbonyl (C=O) groups is 1. The molecule has 1 aromatic carbocycles. The van der Waals surface area contributed by atoms with Gasteiger partial charge in [0, 0.05) is 12.5 Å². The van der Waals surface area contributed by atoms with Gasteiger partial charge in [0.05, 0.1) is 4.90 Å². The molecular weight excluding hydrogens is 313 g/mol. The first-order valence-electron chi connectivity index (χ1n) is 5.07. The highest BCUT2D eigenvalue weighted by Gasteiger charge is 2.28. The van der Waals surface area contributed by atoms with Crippen LogP contribution >= 0.6 is 0 Å². The summed E-state index contributed by atoms with van der Waals surface area (Å²) in [6.45, 7) is 0. The van der Waals surface area contributed by atoms with Crippen LogP contribution in [0.15, 0.2) is 21.9 Å². The van der Waals surface area contributed by atoms with Gasteiger partial charge in [0.15, 0.2) is 19.7 Å². The van der Waals surface area contributed by atoms with Gasteiger partial charge in [-0.3, -0.25) is 4.79 Å². The maximum atomic E-state index is 13.9. The summed E-state index contributed by atoms with van der Waals surface area (Å²) in [5.41, 5.74) is 4.92. The van der Waals surface area contributed by atoms with Crippen LogP contribution in [0.1, 0.15) is 11.6 Å². The Balaban J connectivity index is 3.81. The number of hydrogen-bond acceptors (Lipinski definition) is 6. The SMILES string of the molecule is CS(=O)(=O)c1cc(C(N)C(=O)O)cc(F)c1S(C)(=O)=O. The fourth-order valence-electron chi connectivity index (χ4n) is 1.55. The minimum absolute atomic E-state index is 0.345. The average Bonchev–Trinajstić information content (AvgIpc) is 2.23. The van der Waals surface area contributed by atoms with Gasteiger partial charge in [0.1, 0.15) is 16.8 Å². The van der Waals surface area contributed by atoms with E-state index in [9.17, 15) is 26.0 Å². The smallest absolute Gasteiger partial charge is 0.325 e. The second-order valence-electron chi connectivity index (χ2n) is 4.19. The standard InChI is InChI=1S/C10H12FNO6S2/c1-19(15,16)7-4-5(8(12)10(13)14)3-6(11)9(7)20(2,17)18/h3-4,8H,12H2,1-2H3,(H,13,14). The first kappa shape index (κ1) is 16.5. The van der Waals surface area contributed by atoms with Gasteiger partial charge in [-0.1, -0.05) is 0 Å². The van der Waals surface area contributed by atoms with Gasteiger partial charge < -0.3 is 10.8 Å². The molecule has 1 rings (SSSR count). The third-order valence-corrected chi connectivity index (χ3v) is 4.83. The lowest BCUT2D eigenvalue weighted by atomic mass is 10.1. The zero-order valence-electron chi connectivity index (χ0n) is 10.5. The lowest BCUT2D eigenvalue weighted by molar-refractivity contribution is -0.138. The highest BCUT2D eigenvalue weighted by atomic mass is 32.2. The van der Waals surface area contributed by atoms with Crippen molar-refractivity contribution >= 4 is 25.6 Å².